The Labute approximate surface area is 160 Å². The van der Waals surface area contributed by atoms with Crippen molar-refractivity contribution in [3.05, 3.63) is 0 Å². The minimum Gasteiger partial charge on any atom is -0.378 e. The van der Waals surface area contributed by atoms with Gasteiger partial charge in [0, 0.05) is 38.8 Å². The van der Waals surface area contributed by atoms with E-state index in [0.717, 1.165) is 38.8 Å². The molecule has 3 saturated heterocycles. The Kier molecular flexibility index (Phi) is 5.50. The average Bonchev–Trinajstić information content (AvgIpc) is 3.40. The van der Waals surface area contributed by atoms with Gasteiger partial charge in [0.05, 0.1) is 25.8 Å². The molecule has 148 valence electrons. The number of nitrogens with zero attached hydrogens (tertiary/aromatic N) is 4. The second kappa shape index (κ2) is 8.03. The van der Waals surface area contributed by atoms with E-state index in [-0.39, 0.29) is 18.0 Å². The summed E-state index contributed by atoms with van der Waals surface area (Å²) in [5, 5.41) is 12.5. The van der Waals surface area contributed by atoms with Gasteiger partial charge in [-0.3, -0.25) is 4.79 Å². The van der Waals surface area contributed by atoms with Crippen LogP contribution in [0.15, 0.2) is 0 Å². The first-order valence-corrected chi connectivity index (χ1v) is 10.2. The summed E-state index contributed by atoms with van der Waals surface area (Å²) in [4.78, 5) is 30.6. The Morgan fingerprint density at radius 2 is 1.78 bits per heavy atom. The molecule has 1 saturated carbocycles. The van der Waals surface area contributed by atoms with E-state index in [0.29, 0.717) is 57.3 Å². The minimum absolute atomic E-state index is 0.0419. The molecule has 8 heteroatoms. The van der Waals surface area contributed by atoms with Crippen LogP contribution in [0.2, 0.25) is 0 Å². The number of carbonyl (C=O) groups excluding carboxylic acids is 2. The van der Waals surface area contributed by atoms with Crippen LogP contribution in [0.25, 0.3) is 0 Å². The fraction of sp³-hybridized carbons (Fsp3) is 0.842. The van der Waals surface area contributed by atoms with Gasteiger partial charge in [-0.15, -0.1) is 0 Å². The molecule has 3 atom stereocenters. The zero-order valence-corrected chi connectivity index (χ0v) is 15.8. The lowest BCUT2D eigenvalue weighted by Gasteiger charge is -2.31. The van der Waals surface area contributed by atoms with Crippen molar-refractivity contribution in [3.8, 4) is 6.07 Å². The molecule has 0 aromatic carbocycles. The third kappa shape index (κ3) is 3.90. The molecule has 8 nitrogen and oxygen atoms in total. The number of ether oxygens (including phenoxy) is 1. The minimum atomic E-state index is -0.248. The van der Waals surface area contributed by atoms with Crippen molar-refractivity contribution >= 4 is 11.9 Å². The van der Waals surface area contributed by atoms with Crippen molar-refractivity contribution in [3.63, 3.8) is 0 Å². The van der Waals surface area contributed by atoms with Gasteiger partial charge in [-0.2, -0.15) is 5.26 Å². The van der Waals surface area contributed by atoms with Gasteiger partial charge in [-0.1, -0.05) is 0 Å². The number of hydrogen-bond acceptors (Lipinski definition) is 5. The number of carbonyl (C=O) groups is 2. The lowest BCUT2D eigenvalue weighted by Crippen LogP contribution is -2.48. The standard InChI is InChI=1S/C19H29N5O3/c20-10-17-2-1-3-24(17)18(25)11-21-16-8-14-12-23(13-15(14)9-16)19(26)22-4-6-27-7-5-22/h14-17,21H,1-9,11-13H2. The molecule has 3 amide bonds. The van der Waals surface area contributed by atoms with Crippen molar-refractivity contribution in [2.45, 2.75) is 37.8 Å². The van der Waals surface area contributed by atoms with Crippen LogP contribution in [-0.4, -0.2) is 91.2 Å². The third-order valence-corrected chi connectivity index (χ3v) is 6.57. The van der Waals surface area contributed by atoms with Gasteiger partial charge < -0.3 is 24.8 Å². The number of morpholine rings is 1. The Morgan fingerprint density at radius 1 is 1.07 bits per heavy atom. The van der Waals surface area contributed by atoms with Crippen LogP contribution in [0.1, 0.15) is 25.7 Å². The Hall–Kier alpha value is -1.85. The summed E-state index contributed by atoms with van der Waals surface area (Å²) in [6.07, 6.45) is 3.76. The SMILES string of the molecule is N#CC1CCCN1C(=O)CNC1CC2CN(C(=O)N3CCOCC3)CC2C1. The molecule has 0 bridgehead atoms. The van der Waals surface area contributed by atoms with E-state index in [1.165, 1.54) is 0 Å². The third-order valence-electron chi connectivity index (χ3n) is 6.57. The summed E-state index contributed by atoms with van der Waals surface area (Å²) < 4.78 is 5.33. The monoisotopic (exact) mass is 375 g/mol. The van der Waals surface area contributed by atoms with Gasteiger partial charge >= 0.3 is 6.03 Å². The molecule has 3 heterocycles. The molecule has 0 radical (unpaired) electrons. The fourth-order valence-electron chi connectivity index (χ4n) is 5.11. The van der Waals surface area contributed by atoms with Crippen LogP contribution in [0.3, 0.4) is 0 Å². The van der Waals surface area contributed by atoms with E-state index in [4.69, 9.17) is 10.00 Å². The molecule has 1 N–H and O–H groups in total. The predicted octanol–water partition coefficient (Wildman–Crippen LogP) is 0.253. The molecule has 0 spiro atoms. The van der Waals surface area contributed by atoms with Gasteiger partial charge in [-0.25, -0.2) is 4.79 Å². The Balaban J connectivity index is 1.21. The maximum atomic E-state index is 12.6. The highest BCUT2D eigenvalue weighted by Gasteiger charge is 2.43. The van der Waals surface area contributed by atoms with Crippen LogP contribution in [0.5, 0.6) is 0 Å². The molecule has 27 heavy (non-hydrogen) atoms. The van der Waals surface area contributed by atoms with Gasteiger partial charge in [-0.05, 0) is 37.5 Å². The van der Waals surface area contributed by atoms with E-state index in [2.05, 4.69) is 11.4 Å². The van der Waals surface area contributed by atoms with Crippen LogP contribution >= 0.6 is 0 Å². The van der Waals surface area contributed by atoms with Crippen molar-refractivity contribution < 1.29 is 14.3 Å². The summed E-state index contributed by atoms with van der Waals surface area (Å²) in [7, 11) is 0. The number of nitrogens with one attached hydrogen (secondary N) is 1. The van der Waals surface area contributed by atoms with Crippen molar-refractivity contribution in [2.75, 3.05) is 52.5 Å². The second-order valence-corrected chi connectivity index (χ2v) is 8.23. The number of amides is 3. The number of nitriles is 1. The summed E-state index contributed by atoms with van der Waals surface area (Å²) in [5.41, 5.74) is 0. The smallest absolute Gasteiger partial charge is 0.320 e. The molecule has 3 unspecified atom stereocenters. The van der Waals surface area contributed by atoms with Crippen LogP contribution in [0.4, 0.5) is 4.79 Å². The van der Waals surface area contributed by atoms with Gasteiger partial charge in [0.15, 0.2) is 0 Å². The normalized spacial score (nSPS) is 33.2. The molecule has 4 rings (SSSR count). The summed E-state index contributed by atoms with van der Waals surface area (Å²) in [5.74, 6) is 1.10. The molecular formula is C19H29N5O3. The van der Waals surface area contributed by atoms with E-state index >= 15 is 0 Å². The number of urea groups is 1. The lowest BCUT2D eigenvalue weighted by atomic mass is 10.0. The summed E-state index contributed by atoms with van der Waals surface area (Å²) in [6, 6.07) is 2.47. The topological polar surface area (TPSA) is 88.9 Å². The van der Waals surface area contributed by atoms with E-state index in [1.54, 1.807) is 4.90 Å². The molecule has 0 aromatic heterocycles. The van der Waals surface area contributed by atoms with Crippen LogP contribution < -0.4 is 5.32 Å². The molecule has 4 fully saturated rings. The highest BCUT2D eigenvalue weighted by molar-refractivity contribution is 5.79. The molecular weight excluding hydrogens is 346 g/mol. The number of likely N-dealkylation sites (tertiary alicyclic amines) is 2. The maximum absolute atomic E-state index is 12.6. The van der Waals surface area contributed by atoms with Gasteiger partial charge in [0.25, 0.3) is 0 Å². The van der Waals surface area contributed by atoms with E-state index < -0.39 is 0 Å². The first-order valence-electron chi connectivity index (χ1n) is 10.2. The van der Waals surface area contributed by atoms with Crippen LogP contribution in [0, 0.1) is 23.2 Å². The quantitative estimate of drug-likeness (QED) is 0.764. The molecule has 1 aliphatic carbocycles. The number of hydrogen-bond donors (Lipinski definition) is 1. The van der Waals surface area contributed by atoms with Crippen molar-refractivity contribution in [1.82, 2.24) is 20.0 Å². The highest BCUT2D eigenvalue weighted by Crippen LogP contribution is 2.38. The van der Waals surface area contributed by atoms with Crippen molar-refractivity contribution in [1.29, 1.82) is 5.26 Å². The molecule has 3 aliphatic heterocycles. The highest BCUT2D eigenvalue weighted by atomic mass is 16.5. The molecule has 0 aromatic rings. The summed E-state index contributed by atoms with van der Waals surface area (Å²) >= 11 is 0. The first kappa shape index (κ1) is 18.5. The average molecular weight is 375 g/mol. The first-order chi connectivity index (χ1) is 13.2. The number of rotatable bonds is 3. The predicted molar refractivity (Wildman–Crippen MR) is 97.7 cm³/mol. The van der Waals surface area contributed by atoms with Gasteiger partial charge in [0.1, 0.15) is 6.04 Å². The molecule has 4 aliphatic rings. The number of fused-ring (bicyclic) bond motifs is 1. The Morgan fingerprint density at radius 3 is 2.44 bits per heavy atom. The zero-order chi connectivity index (χ0) is 18.8. The van der Waals surface area contributed by atoms with E-state index in [1.807, 2.05) is 9.80 Å². The Bertz CT molecular complexity index is 601. The summed E-state index contributed by atoms with van der Waals surface area (Å²) in [6.45, 7) is 5.33. The second-order valence-electron chi connectivity index (χ2n) is 8.23. The maximum Gasteiger partial charge on any atom is 0.320 e. The van der Waals surface area contributed by atoms with Crippen LogP contribution in [-0.2, 0) is 9.53 Å². The lowest BCUT2D eigenvalue weighted by molar-refractivity contribution is -0.130. The van der Waals surface area contributed by atoms with Crippen molar-refractivity contribution in [2.24, 2.45) is 11.8 Å². The fourth-order valence-corrected chi connectivity index (χ4v) is 5.11. The zero-order valence-electron chi connectivity index (χ0n) is 15.8. The van der Waals surface area contributed by atoms with Gasteiger partial charge in [0.2, 0.25) is 5.91 Å². The largest absolute Gasteiger partial charge is 0.378 e. The van der Waals surface area contributed by atoms with E-state index in [9.17, 15) is 9.59 Å².